The number of aliphatic imine (C=N–C) groups is 1. The van der Waals surface area contributed by atoms with Crippen molar-refractivity contribution in [2.24, 2.45) is 22.6 Å². The number of nitrogens with one attached hydrogen (secondary N) is 1. The zero-order valence-electron chi connectivity index (χ0n) is 18.6. The molecule has 0 bridgehead atoms. The Morgan fingerprint density at radius 2 is 1.85 bits per heavy atom. The largest absolute Gasteiger partial charge is 0.328 e. The summed E-state index contributed by atoms with van der Waals surface area (Å²) in [6, 6.07) is 5.32. The van der Waals surface area contributed by atoms with Crippen LogP contribution in [-0.4, -0.2) is 23.7 Å². The van der Waals surface area contributed by atoms with Crippen molar-refractivity contribution in [3.05, 3.63) is 77.0 Å². The maximum absolute atomic E-state index is 14.4. The van der Waals surface area contributed by atoms with Gasteiger partial charge in [-0.05, 0) is 74.6 Å². The topological polar surface area (TPSA) is 80.4 Å². The van der Waals surface area contributed by atoms with Crippen LogP contribution in [0.2, 0.25) is 0 Å². The molecule has 0 aliphatic heterocycles. The lowest BCUT2D eigenvalue weighted by atomic mass is 9.75. The van der Waals surface area contributed by atoms with E-state index in [4.69, 9.17) is 5.73 Å². The van der Waals surface area contributed by atoms with Gasteiger partial charge >= 0.3 is 0 Å². The van der Waals surface area contributed by atoms with Gasteiger partial charge in [0, 0.05) is 12.2 Å². The Morgan fingerprint density at radius 3 is 2.45 bits per heavy atom. The molecular formula is C25H27F3N4O. The molecule has 1 aliphatic carbocycles. The molecule has 33 heavy (non-hydrogen) atoms. The molecule has 1 aliphatic rings. The second kappa shape index (κ2) is 10.6. The van der Waals surface area contributed by atoms with Crippen molar-refractivity contribution < 1.29 is 18.0 Å². The van der Waals surface area contributed by atoms with E-state index < -0.39 is 34.6 Å². The van der Waals surface area contributed by atoms with E-state index in [1.807, 2.05) is 13.0 Å². The summed E-state index contributed by atoms with van der Waals surface area (Å²) < 4.78 is 42.8. The van der Waals surface area contributed by atoms with Crippen molar-refractivity contribution >= 4 is 12.6 Å². The van der Waals surface area contributed by atoms with Crippen LogP contribution in [0.5, 0.6) is 0 Å². The van der Waals surface area contributed by atoms with Crippen LogP contribution in [0.25, 0.3) is 11.3 Å². The van der Waals surface area contributed by atoms with Gasteiger partial charge in [0.15, 0.2) is 0 Å². The fourth-order valence-electron chi connectivity index (χ4n) is 4.45. The highest BCUT2D eigenvalue weighted by molar-refractivity contribution is 5.94. The molecule has 1 aromatic heterocycles. The number of benzene rings is 1. The third kappa shape index (κ3) is 5.57. The smallest absolute Gasteiger partial charge is 0.274 e. The van der Waals surface area contributed by atoms with Crippen LogP contribution in [0, 0.1) is 29.3 Å². The average Bonchev–Trinajstić information content (AvgIpc) is 2.74. The van der Waals surface area contributed by atoms with Crippen molar-refractivity contribution in [3.63, 3.8) is 0 Å². The number of nitrogens with zero attached hydrogens (tertiary/aromatic N) is 2. The Labute approximate surface area is 191 Å². The first-order valence-corrected chi connectivity index (χ1v) is 10.8. The highest BCUT2D eigenvalue weighted by Gasteiger charge is 2.29. The van der Waals surface area contributed by atoms with Crippen molar-refractivity contribution in [1.82, 2.24) is 10.3 Å². The number of halogens is 3. The summed E-state index contributed by atoms with van der Waals surface area (Å²) >= 11 is 0. The molecule has 3 N–H and O–H groups in total. The molecule has 5 nitrogen and oxygen atoms in total. The van der Waals surface area contributed by atoms with E-state index >= 15 is 0 Å². The minimum Gasteiger partial charge on any atom is -0.328 e. The molecule has 0 spiro atoms. The highest BCUT2D eigenvalue weighted by Crippen LogP contribution is 2.35. The Morgan fingerprint density at radius 1 is 1.15 bits per heavy atom. The number of pyridine rings is 1. The third-order valence-corrected chi connectivity index (χ3v) is 5.79. The Hall–Kier alpha value is -3.26. The van der Waals surface area contributed by atoms with Crippen LogP contribution in [0.3, 0.4) is 0 Å². The van der Waals surface area contributed by atoms with E-state index in [1.165, 1.54) is 12.3 Å². The van der Waals surface area contributed by atoms with Gasteiger partial charge in [-0.1, -0.05) is 19.1 Å². The van der Waals surface area contributed by atoms with Crippen LogP contribution < -0.4 is 11.1 Å². The van der Waals surface area contributed by atoms with E-state index in [2.05, 4.69) is 28.9 Å². The number of rotatable bonds is 6. The van der Waals surface area contributed by atoms with Gasteiger partial charge in [-0.15, -0.1) is 0 Å². The van der Waals surface area contributed by atoms with Crippen molar-refractivity contribution in [1.29, 1.82) is 0 Å². The van der Waals surface area contributed by atoms with Crippen molar-refractivity contribution in [2.75, 3.05) is 0 Å². The van der Waals surface area contributed by atoms with Gasteiger partial charge in [0.05, 0.1) is 11.3 Å². The molecule has 1 amide bonds. The first kappa shape index (κ1) is 24.4. The molecule has 1 saturated carbocycles. The third-order valence-electron chi connectivity index (χ3n) is 5.79. The quantitative estimate of drug-likeness (QED) is 0.466. The molecule has 0 unspecified atom stereocenters. The molecule has 2 aromatic rings. The summed E-state index contributed by atoms with van der Waals surface area (Å²) in [7, 11) is 0. The molecule has 3 atom stereocenters. The molecule has 174 valence electrons. The van der Waals surface area contributed by atoms with Gasteiger partial charge in [-0.2, -0.15) is 0 Å². The molecule has 3 rings (SSSR count). The summed E-state index contributed by atoms with van der Waals surface area (Å²) in [6.45, 7) is 7.48. The number of allylic oxidation sites excluding steroid dienone is 2. The summed E-state index contributed by atoms with van der Waals surface area (Å²) in [5, 5.41) is 2.75. The lowest BCUT2D eigenvalue weighted by molar-refractivity contribution is 0.0960. The van der Waals surface area contributed by atoms with Crippen LogP contribution in [-0.2, 0) is 0 Å². The molecule has 8 heteroatoms. The van der Waals surface area contributed by atoms with E-state index in [9.17, 15) is 18.0 Å². The number of hydrogen-bond donors (Lipinski definition) is 2. The van der Waals surface area contributed by atoms with Gasteiger partial charge < -0.3 is 11.1 Å². The minimum absolute atomic E-state index is 0.0549. The molecule has 0 radical (unpaired) electrons. The van der Waals surface area contributed by atoms with Gasteiger partial charge in [-0.3, -0.25) is 9.79 Å². The lowest BCUT2D eigenvalue weighted by Gasteiger charge is -2.33. The summed E-state index contributed by atoms with van der Waals surface area (Å²) in [5.41, 5.74) is 6.08. The number of hydrogen-bond acceptors (Lipinski definition) is 4. The maximum atomic E-state index is 14.4. The van der Waals surface area contributed by atoms with Crippen LogP contribution >= 0.6 is 0 Å². The first-order valence-electron chi connectivity index (χ1n) is 10.8. The standard InChI is InChI=1S/C25H27F3N4O/c1-4-17(15-10-14(2)11-16(29)12-15)22(13-30-3)32-25(33)21-9-8-20(28)24(31-21)23-18(26)6-5-7-19(23)27/h4-9,13-16H,3,10-12,29H2,1-2H3,(H,32,33)/b17-4-,22-13+/t14-,15+,16-/m0/s1. The predicted octanol–water partition coefficient (Wildman–Crippen LogP) is 5.15. The zero-order valence-corrected chi connectivity index (χ0v) is 18.6. The monoisotopic (exact) mass is 456 g/mol. The van der Waals surface area contributed by atoms with Crippen LogP contribution in [0.1, 0.15) is 43.6 Å². The molecule has 1 aromatic carbocycles. The maximum Gasteiger partial charge on any atom is 0.274 e. The second-order valence-corrected chi connectivity index (χ2v) is 8.32. The number of nitrogens with two attached hydrogens (primary N) is 1. The fraction of sp³-hybridized carbons (Fsp3) is 0.320. The molecule has 0 saturated heterocycles. The van der Waals surface area contributed by atoms with Gasteiger partial charge in [-0.25, -0.2) is 18.2 Å². The number of carbonyl (C=O) groups excluding carboxylic acids is 1. The SMILES string of the molecule is C=N/C=C(NC(=O)c1ccc(F)c(-c2c(F)cccc2F)n1)\C(=C/C)[C@@H]1C[C@H](C)C[C@H](N)C1. The number of carbonyl (C=O) groups is 1. The lowest BCUT2D eigenvalue weighted by Crippen LogP contribution is -2.35. The average molecular weight is 457 g/mol. The summed E-state index contributed by atoms with van der Waals surface area (Å²) in [6.07, 6.45) is 5.93. The van der Waals surface area contributed by atoms with E-state index in [0.29, 0.717) is 11.6 Å². The molecular weight excluding hydrogens is 429 g/mol. The van der Waals surface area contributed by atoms with Crippen LogP contribution in [0.15, 0.2) is 58.9 Å². The first-order chi connectivity index (χ1) is 15.7. The van der Waals surface area contributed by atoms with E-state index in [1.54, 1.807) is 0 Å². The summed E-state index contributed by atoms with van der Waals surface area (Å²) in [4.78, 5) is 20.7. The number of aromatic nitrogens is 1. The Bertz CT molecular complexity index is 1080. The molecule has 1 fully saturated rings. The predicted molar refractivity (Wildman–Crippen MR) is 123 cm³/mol. The fourth-order valence-corrected chi connectivity index (χ4v) is 4.45. The summed E-state index contributed by atoms with van der Waals surface area (Å²) in [5.74, 6) is -3.02. The van der Waals surface area contributed by atoms with Crippen molar-refractivity contribution in [2.45, 2.75) is 39.2 Å². The van der Waals surface area contributed by atoms with Crippen molar-refractivity contribution in [3.8, 4) is 11.3 Å². The Balaban J connectivity index is 1.91. The van der Waals surface area contributed by atoms with E-state index in [0.717, 1.165) is 49.1 Å². The Kier molecular flexibility index (Phi) is 7.81. The van der Waals surface area contributed by atoms with Gasteiger partial charge in [0.1, 0.15) is 28.8 Å². The molecule has 1 heterocycles. The van der Waals surface area contributed by atoms with E-state index in [-0.39, 0.29) is 17.7 Å². The zero-order chi connectivity index (χ0) is 24.1. The van der Waals surface area contributed by atoms with Gasteiger partial charge in [0.25, 0.3) is 5.91 Å². The number of amides is 1. The van der Waals surface area contributed by atoms with Crippen LogP contribution in [0.4, 0.5) is 13.2 Å². The highest BCUT2D eigenvalue weighted by atomic mass is 19.1. The van der Waals surface area contributed by atoms with Gasteiger partial charge in [0.2, 0.25) is 0 Å². The minimum atomic E-state index is -0.977. The second-order valence-electron chi connectivity index (χ2n) is 8.32. The normalized spacial score (nSPS) is 21.6.